The molecule has 4 rings (SSSR count). The predicted molar refractivity (Wildman–Crippen MR) is 122 cm³/mol. The van der Waals surface area contributed by atoms with Gasteiger partial charge < -0.3 is 4.74 Å². The number of nitro benzene ring substituents is 1. The van der Waals surface area contributed by atoms with Crippen molar-refractivity contribution in [1.82, 2.24) is 10.2 Å². The van der Waals surface area contributed by atoms with Crippen LogP contribution in [0.4, 0.5) is 10.5 Å². The Hall–Kier alpha value is -4.79. The van der Waals surface area contributed by atoms with Gasteiger partial charge in [-0.3, -0.25) is 29.9 Å². The zero-order chi connectivity index (χ0) is 24.1. The van der Waals surface area contributed by atoms with Crippen LogP contribution in [0.3, 0.4) is 0 Å². The molecule has 3 aromatic carbocycles. The fourth-order valence-electron chi connectivity index (χ4n) is 3.31. The van der Waals surface area contributed by atoms with E-state index in [1.165, 1.54) is 18.2 Å². The van der Waals surface area contributed by atoms with Crippen LogP contribution in [0.5, 0.6) is 5.75 Å². The summed E-state index contributed by atoms with van der Waals surface area (Å²) in [4.78, 5) is 48.6. The summed E-state index contributed by atoms with van der Waals surface area (Å²) in [5.74, 6) is -0.880. The fraction of sp³-hybridized carbons (Fsp3) is 0.0800. The van der Waals surface area contributed by atoms with Crippen molar-refractivity contribution in [3.8, 4) is 5.75 Å². The third-order valence-corrected chi connectivity index (χ3v) is 5.11. The zero-order valence-corrected chi connectivity index (χ0v) is 17.8. The van der Waals surface area contributed by atoms with Gasteiger partial charge in [0.15, 0.2) is 0 Å². The lowest BCUT2D eigenvalue weighted by Gasteiger charge is -2.26. The van der Waals surface area contributed by atoms with E-state index in [4.69, 9.17) is 4.74 Å². The largest absolute Gasteiger partial charge is 0.489 e. The van der Waals surface area contributed by atoms with Gasteiger partial charge in [0.05, 0.1) is 11.5 Å². The number of ether oxygens (including phenoxy) is 1. The monoisotopic (exact) mass is 457 g/mol. The van der Waals surface area contributed by atoms with E-state index < -0.39 is 22.8 Å². The zero-order valence-electron chi connectivity index (χ0n) is 17.8. The van der Waals surface area contributed by atoms with Crippen LogP contribution in [0.1, 0.15) is 16.7 Å². The molecule has 1 fully saturated rings. The second-order valence-electron chi connectivity index (χ2n) is 7.48. The van der Waals surface area contributed by atoms with E-state index in [1.807, 2.05) is 6.07 Å². The van der Waals surface area contributed by atoms with Crippen molar-refractivity contribution < 1.29 is 24.0 Å². The van der Waals surface area contributed by atoms with Crippen molar-refractivity contribution in [3.63, 3.8) is 0 Å². The van der Waals surface area contributed by atoms with Crippen molar-refractivity contribution in [1.29, 1.82) is 0 Å². The highest BCUT2D eigenvalue weighted by Crippen LogP contribution is 2.20. The number of non-ortho nitro benzene ring substituents is 1. The summed E-state index contributed by atoms with van der Waals surface area (Å²) >= 11 is 0. The Kier molecular flexibility index (Phi) is 6.45. The lowest BCUT2D eigenvalue weighted by molar-refractivity contribution is -0.384. The molecule has 0 aromatic heterocycles. The summed E-state index contributed by atoms with van der Waals surface area (Å²) in [5.41, 5.74) is 1.97. The molecule has 1 aliphatic heterocycles. The molecule has 0 radical (unpaired) electrons. The molecule has 1 heterocycles. The van der Waals surface area contributed by atoms with Gasteiger partial charge in [0.25, 0.3) is 17.5 Å². The van der Waals surface area contributed by atoms with Gasteiger partial charge in [-0.25, -0.2) is 4.79 Å². The van der Waals surface area contributed by atoms with Crippen molar-refractivity contribution in [2.45, 2.75) is 13.2 Å². The van der Waals surface area contributed by atoms with Gasteiger partial charge in [0.2, 0.25) is 0 Å². The lowest BCUT2D eigenvalue weighted by atomic mass is 10.1. The van der Waals surface area contributed by atoms with Crippen molar-refractivity contribution in [2.75, 3.05) is 0 Å². The molecule has 0 bridgehead atoms. The number of urea groups is 1. The highest BCUT2D eigenvalue weighted by molar-refractivity contribution is 6.30. The molecule has 170 valence electrons. The van der Waals surface area contributed by atoms with E-state index in [0.29, 0.717) is 11.3 Å². The SMILES string of the molecule is O=C1NC(=O)N(Cc2ccccc2)C(=O)/C1=C/c1ccc(OCc2ccc([N+](=O)[O-])cc2)cc1. The molecule has 1 saturated heterocycles. The van der Waals surface area contributed by atoms with Crippen molar-refractivity contribution in [2.24, 2.45) is 0 Å². The number of carbonyl (C=O) groups is 3. The number of rotatable bonds is 7. The highest BCUT2D eigenvalue weighted by atomic mass is 16.6. The standard InChI is InChI=1S/C25H19N3O6/c29-23-22(24(30)27(25(31)26-23)15-18-4-2-1-3-5-18)14-17-8-12-21(13-9-17)34-16-19-6-10-20(11-7-19)28(32)33/h1-14H,15-16H2,(H,26,29,31)/b22-14+. The van der Waals surface area contributed by atoms with Crippen molar-refractivity contribution in [3.05, 3.63) is 111 Å². The first kappa shape index (κ1) is 22.4. The fourth-order valence-corrected chi connectivity index (χ4v) is 3.31. The van der Waals surface area contributed by atoms with Gasteiger partial charge in [-0.1, -0.05) is 42.5 Å². The summed E-state index contributed by atoms with van der Waals surface area (Å²) < 4.78 is 5.69. The molecule has 0 unspecified atom stereocenters. The Labute approximate surface area is 194 Å². The van der Waals surface area contributed by atoms with Crippen LogP contribution in [0.25, 0.3) is 6.08 Å². The minimum Gasteiger partial charge on any atom is -0.489 e. The molecular weight excluding hydrogens is 438 g/mol. The Morgan fingerprint density at radius 1 is 0.882 bits per heavy atom. The smallest absolute Gasteiger partial charge is 0.331 e. The third kappa shape index (κ3) is 5.16. The number of barbiturate groups is 1. The summed E-state index contributed by atoms with van der Waals surface area (Å²) in [7, 11) is 0. The van der Waals surface area contributed by atoms with Crippen LogP contribution in [-0.4, -0.2) is 27.7 Å². The summed E-state index contributed by atoms with van der Waals surface area (Å²) in [6.07, 6.45) is 1.42. The average Bonchev–Trinajstić information content (AvgIpc) is 2.85. The molecule has 1 N–H and O–H groups in total. The second kappa shape index (κ2) is 9.78. The number of amides is 4. The van der Waals surface area contributed by atoms with E-state index >= 15 is 0 Å². The van der Waals surface area contributed by atoms with E-state index in [-0.39, 0.29) is 24.4 Å². The number of hydrogen-bond donors (Lipinski definition) is 1. The normalized spacial score (nSPS) is 14.8. The first-order valence-electron chi connectivity index (χ1n) is 10.3. The maximum atomic E-state index is 12.9. The quantitative estimate of drug-likeness (QED) is 0.249. The molecule has 9 nitrogen and oxygen atoms in total. The summed E-state index contributed by atoms with van der Waals surface area (Å²) in [6.45, 7) is 0.265. The molecule has 0 spiro atoms. The van der Waals surface area contributed by atoms with Crippen LogP contribution in [0, 0.1) is 10.1 Å². The van der Waals surface area contributed by atoms with Crippen LogP contribution in [0.15, 0.2) is 84.4 Å². The van der Waals surface area contributed by atoms with E-state index in [9.17, 15) is 24.5 Å². The molecule has 3 aromatic rings. The number of nitrogens with one attached hydrogen (secondary N) is 1. The maximum absolute atomic E-state index is 12.9. The number of carbonyl (C=O) groups excluding carboxylic acids is 3. The molecule has 4 amide bonds. The molecule has 1 aliphatic rings. The number of imide groups is 2. The summed E-state index contributed by atoms with van der Waals surface area (Å²) in [5, 5.41) is 12.9. The topological polar surface area (TPSA) is 119 Å². The van der Waals surface area contributed by atoms with Gasteiger partial charge in [0.1, 0.15) is 17.9 Å². The maximum Gasteiger partial charge on any atom is 0.331 e. The van der Waals surface area contributed by atoms with E-state index in [1.54, 1.807) is 60.7 Å². The van der Waals surface area contributed by atoms with E-state index in [0.717, 1.165) is 16.0 Å². The molecular formula is C25H19N3O6. The number of benzene rings is 3. The Bertz CT molecular complexity index is 1270. The number of hydrogen-bond acceptors (Lipinski definition) is 6. The molecule has 0 atom stereocenters. The van der Waals surface area contributed by atoms with Gasteiger partial charge in [0, 0.05) is 12.1 Å². The van der Waals surface area contributed by atoms with E-state index in [2.05, 4.69) is 5.32 Å². The van der Waals surface area contributed by atoms with Gasteiger partial charge in [-0.2, -0.15) is 0 Å². The first-order chi connectivity index (χ1) is 16.4. The molecule has 0 aliphatic carbocycles. The minimum atomic E-state index is -0.758. The number of nitro groups is 1. The Balaban J connectivity index is 1.44. The first-order valence-corrected chi connectivity index (χ1v) is 10.3. The van der Waals surface area contributed by atoms with Crippen LogP contribution >= 0.6 is 0 Å². The number of nitrogens with zero attached hydrogens (tertiary/aromatic N) is 2. The molecule has 34 heavy (non-hydrogen) atoms. The second-order valence-corrected chi connectivity index (χ2v) is 7.48. The van der Waals surface area contributed by atoms with Crippen LogP contribution in [0.2, 0.25) is 0 Å². The molecule has 9 heteroatoms. The average molecular weight is 457 g/mol. The minimum absolute atomic E-state index is 0.00599. The summed E-state index contributed by atoms with van der Waals surface area (Å²) in [6, 6.07) is 21.0. The van der Waals surface area contributed by atoms with Gasteiger partial charge in [-0.15, -0.1) is 0 Å². The molecule has 0 saturated carbocycles. The van der Waals surface area contributed by atoms with Gasteiger partial charge >= 0.3 is 6.03 Å². The highest BCUT2D eigenvalue weighted by Gasteiger charge is 2.35. The van der Waals surface area contributed by atoms with Crippen LogP contribution < -0.4 is 10.1 Å². The Morgan fingerprint density at radius 3 is 2.21 bits per heavy atom. The Morgan fingerprint density at radius 2 is 1.56 bits per heavy atom. The third-order valence-electron chi connectivity index (χ3n) is 5.11. The van der Waals surface area contributed by atoms with Gasteiger partial charge in [-0.05, 0) is 47.0 Å². The predicted octanol–water partition coefficient (Wildman–Crippen LogP) is 3.84. The van der Waals surface area contributed by atoms with Crippen LogP contribution in [-0.2, 0) is 22.7 Å². The van der Waals surface area contributed by atoms with Crippen molar-refractivity contribution >= 4 is 29.6 Å². The lowest BCUT2D eigenvalue weighted by Crippen LogP contribution is -2.53.